The molecule has 0 aliphatic carbocycles. The van der Waals surface area contributed by atoms with Gasteiger partial charge in [0.25, 0.3) is 0 Å². The van der Waals surface area contributed by atoms with Crippen LogP contribution in [0.15, 0.2) is 15.4 Å². The SMILES string of the molecule is CCCCc1c[nH]c(=O)o1. The van der Waals surface area contributed by atoms with Gasteiger partial charge in [-0.3, -0.25) is 4.98 Å². The second-order valence-electron chi connectivity index (χ2n) is 2.25. The Balaban J connectivity index is 2.50. The summed E-state index contributed by atoms with van der Waals surface area (Å²) in [5.74, 6) is 0.401. The van der Waals surface area contributed by atoms with Crippen LogP contribution in [-0.4, -0.2) is 4.98 Å². The molecule has 1 N–H and O–H groups in total. The Labute approximate surface area is 59.1 Å². The van der Waals surface area contributed by atoms with Gasteiger partial charge in [0.15, 0.2) is 0 Å². The molecule has 0 spiro atoms. The quantitative estimate of drug-likeness (QED) is 0.689. The van der Waals surface area contributed by atoms with Crippen LogP contribution >= 0.6 is 0 Å². The summed E-state index contributed by atoms with van der Waals surface area (Å²) in [5, 5.41) is 0. The van der Waals surface area contributed by atoms with E-state index in [1.54, 1.807) is 6.20 Å². The minimum absolute atomic E-state index is 0.355. The summed E-state index contributed by atoms with van der Waals surface area (Å²) in [7, 11) is 0. The van der Waals surface area contributed by atoms with E-state index in [4.69, 9.17) is 4.42 Å². The number of rotatable bonds is 3. The monoisotopic (exact) mass is 141 g/mol. The van der Waals surface area contributed by atoms with Crippen molar-refractivity contribution in [3.63, 3.8) is 0 Å². The first-order valence-corrected chi connectivity index (χ1v) is 3.50. The van der Waals surface area contributed by atoms with Crippen molar-refractivity contribution in [1.29, 1.82) is 0 Å². The molecule has 0 radical (unpaired) electrons. The Kier molecular flexibility index (Phi) is 2.31. The summed E-state index contributed by atoms with van der Waals surface area (Å²) in [6.07, 6.45) is 4.67. The molecule has 0 bridgehead atoms. The van der Waals surface area contributed by atoms with Gasteiger partial charge in [-0.2, -0.15) is 0 Å². The highest BCUT2D eigenvalue weighted by molar-refractivity contribution is 4.87. The van der Waals surface area contributed by atoms with Crippen LogP contribution in [0, 0.1) is 0 Å². The standard InChI is InChI=1S/C7H11NO2/c1-2-3-4-6-5-8-7(9)10-6/h5H,2-4H2,1H3,(H,8,9). The third kappa shape index (κ3) is 1.76. The van der Waals surface area contributed by atoms with Crippen LogP contribution in [0.25, 0.3) is 0 Å². The van der Waals surface area contributed by atoms with Crippen LogP contribution in [0.2, 0.25) is 0 Å². The van der Waals surface area contributed by atoms with Gasteiger partial charge in [0.2, 0.25) is 0 Å². The van der Waals surface area contributed by atoms with Crippen molar-refractivity contribution in [2.24, 2.45) is 0 Å². The molecule has 1 aromatic heterocycles. The van der Waals surface area contributed by atoms with Crippen LogP contribution in [0.3, 0.4) is 0 Å². The van der Waals surface area contributed by atoms with E-state index < -0.39 is 0 Å². The first-order valence-electron chi connectivity index (χ1n) is 3.50. The molecule has 1 heterocycles. The maximum Gasteiger partial charge on any atom is 0.416 e. The largest absolute Gasteiger partial charge is 0.416 e. The van der Waals surface area contributed by atoms with Gasteiger partial charge < -0.3 is 4.42 Å². The lowest BCUT2D eigenvalue weighted by Gasteiger charge is -1.88. The Bertz CT molecular complexity index is 236. The fourth-order valence-corrected chi connectivity index (χ4v) is 0.792. The molecule has 56 valence electrons. The number of aryl methyl sites for hydroxylation is 1. The first kappa shape index (κ1) is 7.12. The number of hydrogen-bond donors (Lipinski definition) is 1. The smallest absolute Gasteiger partial charge is 0.413 e. The molecular formula is C7H11NO2. The molecule has 0 saturated carbocycles. The molecule has 0 unspecified atom stereocenters. The maximum atomic E-state index is 10.4. The molecule has 3 heteroatoms. The summed E-state index contributed by atoms with van der Waals surface area (Å²) >= 11 is 0. The lowest BCUT2D eigenvalue weighted by atomic mass is 10.2. The maximum absolute atomic E-state index is 10.4. The van der Waals surface area contributed by atoms with Crippen LogP contribution < -0.4 is 5.76 Å². The van der Waals surface area contributed by atoms with Crippen LogP contribution in [0.1, 0.15) is 25.5 Å². The molecule has 0 amide bonds. The molecular weight excluding hydrogens is 130 g/mol. The lowest BCUT2D eigenvalue weighted by Crippen LogP contribution is -1.92. The van der Waals surface area contributed by atoms with Crippen molar-refractivity contribution >= 4 is 0 Å². The van der Waals surface area contributed by atoms with Gasteiger partial charge in [-0.15, -0.1) is 0 Å². The zero-order valence-corrected chi connectivity index (χ0v) is 6.02. The number of H-pyrrole nitrogens is 1. The van der Waals surface area contributed by atoms with Gasteiger partial charge in [0, 0.05) is 12.6 Å². The highest BCUT2D eigenvalue weighted by atomic mass is 16.4. The highest BCUT2D eigenvalue weighted by Gasteiger charge is 1.95. The third-order valence-corrected chi connectivity index (χ3v) is 1.35. The average molecular weight is 141 g/mol. The van der Waals surface area contributed by atoms with Gasteiger partial charge in [-0.1, -0.05) is 13.3 Å². The van der Waals surface area contributed by atoms with Crippen LogP contribution in [0.5, 0.6) is 0 Å². The second kappa shape index (κ2) is 3.25. The van der Waals surface area contributed by atoms with Crippen molar-refractivity contribution in [1.82, 2.24) is 4.98 Å². The average Bonchev–Trinajstić information content (AvgIpc) is 2.31. The highest BCUT2D eigenvalue weighted by Crippen LogP contribution is 1.99. The Morgan fingerprint density at radius 1 is 1.70 bits per heavy atom. The predicted octanol–water partition coefficient (Wildman–Crippen LogP) is 1.31. The number of hydrogen-bond acceptors (Lipinski definition) is 2. The van der Waals surface area contributed by atoms with Crippen LogP contribution in [-0.2, 0) is 6.42 Å². The van der Waals surface area contributed by atoms with E-state index in [0.29, 0.717) is 0 Å². The number of nitrogens with one attached hydrogen (secondary N) is 1. The fraction of sp³-hybridized carbons (Fsp3) is 0.571. The zero-order chi connectivity index (χ0) is 7.40. The summed E-state index contributed by atoms with van der Waals surface area (Å²) in [6.45, 7) is 2.10. The van der Waals surface area contributed by atoms with E-state index in [1.807, 2.05) is 0 Å². The van der Waals surface area contributed by atoms with Gasteiger partial charge in [0.1, 0.15) is 5.76 Å². The van der Waals surface area contributed by atoms with Crippen molar-refractivity contribution in [3.8, 4) is 0 Å². The Morgan fingerprint density at radius 3 is 3.00 bits per heavy atom. The molecule has 0 aliphatic rings. The molecule has 10 heavy (non-hydrogen) atoms. The molecule has 0 aromatic carbocycles. The van der Waals surface area contributed by atoms with Gasteiger partial charge >= 0.3 is 5.76 Å². The zero-order valence-electron chi connectivity index (χ0n) is 6.02. The normalized spacial score (nSPS) is 10.1. The predicted molar refractivity (Wildman–Crippen MR) is 37.9 cm³/mol. The molecule has 0 saturated heterocycles. The first-order chi connectivity index (χ1) is 4.83. The number of aromatic amines is 1. The molecule has 1 rings (SSSR count). The van der Waals surface area contributed by atoms with Crippen LogP contribution in [0.4, 0.5) is 0 Å². The minimum Gasteiger partial charge on any atom is -0.413 e. The fourth-order valence-electron chi connectivity index (χ4n) is 0.792. The Hall–Kier alpha value is -0.990. The summed E-state index contributed by atoms with van der Waals surface area (Å²) < 4.78 is 4.77. The van der Waals surface area contributed by atoms with Crippen molar-refractivity contribution < 1.29 is 4.42 Å². The lowest BCUT2D eigenvalue weighted by molar-refractivity contribution is 0.462. The second-order valence-corrected chi connectivity index (χ2v) is 2.25. The molecule has 1 aromatic rings. The topological polar surface area (TPSA) is 46.0 Å². The van der Waals surface area contributed by atoms with E-state index in [9.17, 15) is 4.79 Å². The minimum atomic E-state index is -0.355. The Morgan fingerprint density at radius 2 is 2.50 bits per heavy atom. The van der Waals surface area contributed by atoms with Crippen molar-refractivity contribution in [3.05, 3.63) is 22.5 Å². The summed E-state index contributed by atoms with van der Waals surface area (Å²) in [5.41, 5.74) is 0. The van der Waals surface area contributed by atoms with E-state index in [-0.39, 0.29) is 5.76 Å². The molecule has 3 nitrogen and oxygen atoms in total. The van der Waals surface area contributed by atoms with E-state index in [1.165, 1.54) is 0 Å². The summed E-state index contributed by atoms with van der Waals surface area (Å²) in [6, 6.07) is 0. The van der Waals surface area contributed by atoms with Crippen molar-refractivity contribution in [2.75, 3.05) is 0 Å². The summed E-state index contributed by atoms with van der Waals surface area (Å²) in [4.78, 5) is 12.9. The number of unbranched alkanes of at least 4 members (excludes halogenated alkanes) is 1. The third-order valence-electron chi connectivity index (χ3n) is 1.35. The van der Waals surface area contributed by atoms with E-state index >= 15 is 0 Å². The van der Waals surface area contributed by atoms with E-state index in [0.717, 1.165) is 25.0 Å². The van der Waals surface area contributed by atoms with Gasteiger partial charge in [0.05, 0.1) is 0 Å². The van der Waals surface area contributed by atoms with Gasteiger partial charge in [-0.05, 0) is 6.42 Å². The number of aromatic nitrogens is 1. The number of oxazole rings is 1. The van der Waals surface area contributed by atoms with Crippen molar-refractivity contribution in [2.45, 2.75) is 26.2 Å². The van der Waals surface area contributed by atoms with E-state index in [2.05, 4.69) is 11.9 Å². The van der Waals surface area contributed by atoms with Gasteiger partial charge in [-0.25, -0.2) is 4.79 Å². The molecule has 0 atom stereocenters. The molecule has 0 fully saturated rings. The molecule has 0 aliphatic heterocycles.